The molecule has 0 spiro atoms. The summed E-state index contributed by atoms with van der Waals surface area (Å²) in [4.78, 5) is 38.0. The molecule has 28 heavy (non-hydrogen) atoms. The SMILES string of the molecule is CCN(Cc1cccc(F)c1)C(=O)COC(=O)c1cc2ccccc2oc1=O. The van der Waals surface area contributed by atoms with Crippen LogP contribution in [-0.4, -0.2) is 29.9 Å². The first-order chi connectivity index (χ1) is 13.5. The normalized spacial score (nSPS) is 10.6. The number of hydrogen-bond donors (Lipinski definition) is 0. The molecule has 3 aromatic rings. The van der Waals surface area contributed by atoms with Gasteiger partial charge in [0.2, 0.25) is 0 Å². The van der Waals surface area contributed by atoms with Crippen LogP contribution in [0.25, 0.3) is 11.0 Å². The molecule has 0 N–H and O–H groups in total. The monoisotopic (exact) mass is 383 g/mol. The second-order valence-corrected chi connectivity index (χ2v) is 6.10. The van der Waals surface area contributed by atoms with Crippen LogP contribution >= 0.6 is 0 Å². The Bertz CT molecular complexity index is 1080. The van der Waals surface area contributed by atoms with E-state index < -0.39 is 29.9 Å². The van der Waals surface area contributed by atoms with E-state index in [0.29, 0.717) is 23.1 Å². The van der Waals surface area contributed by atoms with E-state index in [0.717, 1.165) is 0 Å². The van der Waals surface area contributed by atoms with E-state index in [4.69, 9.17) is 9.15 Å². The van der Waals surface area contributed by atoms with Crippen LogP contribution in [0.3, 0.4) is 0 Å². The molecule has 1 amide bonds. The minimum absolute atomic E-state index is 0.183. The smallest absolute Gasteiger partial charge is 0.351 e. The molecule has 7 heteroatoms. The van der Waals surface area contributed by atoms with Gasteiger partial charge in [0.15, 0.2) is 6.61 Å². The van der Waals surface area contributed by atoms with Gasteiger partial charge in [0.1, 0.15) is 17.0 Å². The van der Waals surface area contributed by atoms with Crippen LogP contribution in [-0.2, 0) is 16.1 Å². The number of esters is 1. The van der Waals surface area contributed by atoms with Crippen LogP contribution in [0.5, 0.6) is 0 Å². The number of carbonyl (C=O) groups is 2. The number of halogens is 1. The van der Waals surface area contributed by atoms with Gasteiger partial charge in [-0.1, -0.05) is 30.3 Å². The van der Waals surface area contributed by atoms with Crippen molar-refractivity contribution in [2.24, 2.45) is 0 Å². The molecule has 0 radical (unpaired) electrons. The maximum atomic E-state index is 13.3. The number of rotatable bonds is 6. The zero-order chi connectivity index (χ0) is 20.1. The number of benzene rings is 2. The van der Waals surface area contributed by atoms with Gasteiger partial charge in [0.05, 0.1) is 0 Å². The van der Waals surface area contributed by atoms with Crippen LogP contribution in [0.2, 0.25) is 0 Å². The lowest BCUT2D eigenvalue weighted by atomic mass is 10.2. The molecule has 6 nitrogen and oxygen atoms in total. The first-order valence-corrected chi connectivity index (χ1v) is 8.70. The number of likely N-dealkylation sites (N-methyl/N-ethyl adjacent to an activating group) is 1. The summed E-state index contributed by atoms with van der Waals surface area (Å²) in [6, 6.07) is 14.0. The summed E-state index contributed by atoms with van der Waals surface area (Å²) in [5.41, 5.74) is -0.132. The van der Waals surface area contributed by atoms with Crippen molar-refractivity contribution in [1.29, 1.82) is 0 Å². The summed E-state index contributed by atoms with van der Waals surface area (Å²) >= 11 is 0. The Morgan fingerprint density at radius 1 is 1.11 bits per heavy atom. The molecule has 3 rings (SSSR count). The minimum Gasteiger partial charge on any atom is -0.452 e. The third kappa shape index (κ3) is 4.43. The fourth-order valence-electron chi connectivity index (χ4n) is 2.73. The van der Waals surface area contributed by atoms with Gasteiger partial charge in [-0.25, -0.2) is 14.0 Å². The third-order valence-electron chi connectivity index (χ3n) is 4.18. The molecular weight excluding hydrogens is 365 g/mol. The molecule has 0 aliphatic rings. The highest BCUT2D eigenvalue weighted by molar-refractivity contribution is 5.94. The zero-order valence-corrected chi connectivity index (χ0v) is 15.2. The summed E-state index contributed by atoms with van der Waals surface area (Å²) in [5, 5.41) is 0.571. The maximum absolute atomic E-state index is 13.3. The number of hydrogen-bond acceptors (Lipinski definition) is 5. The molecule has 0 unspecified atom stereocenters. The van der Waals surface area contributed by atoms with Gasteiger partial charge in [-0.2, -0.15) is 0 Å². The predicted octanol–water partition coefficient (Wildman–Crippen LogP) is 3.14. The predicted molar refractivity (Wildman–Crippen MR) is 100 cm³/mol. The summed E-state index contributed by atoms with van der Waals surface area (Å²) in [6.07, 6.45) is 0. The first-order valence-electron chi connectivity index (χ1n) is 8.70. The lowest BCUT2D eigenvalue weighted by Crippen LogP contribution is -2.34. The molecule has 0 fully saturated rings. The van der Waals surface area contributed by atoms with Gasteiger partial charge in [0, 0.05) is 18.5 Å². The number of para-hydroxylation sites is 1. The standard InChI is InChI=1S/C21H18FNO5/c1-2-23(12-14-6-5-8-16(22)10-14)19(24)13-27-20(25)17-11-15-7-3-4-9-18(15)28-21(17)26/h3-11H,2,12-13H2,1H3. The van der Waals surface area contributed by atoms with Crippen molar-refractivity contribution in [1.82, 2.24) is 4.90 Å². The highest BCUT2D eigenvalue weighted by Gasteiger charge is 2.19. The average Bonchev–Trinajstić information content (AvgIpc) is 2.69. The van der Waals surface area contributed by atoms with Gasteiger partial charge in [-0.05, 0) is 36.8 Å². The molecule has 1 aromatic heterocycles. The van der Waals surface area contributed by atoms with E-state index >= 15 is 0 Å². The van der Waals surface area contributed by atoms with Crippen LogP contribution in [0.15, 0.2) is 63.8 Å². The van der Waals surface area contributed by atoms with Gasteiger partial charge < -0.3 is 14.1 Å². The number of ether oxygens (including phenoxy) is 1. The Morgan fingerprint density at radius 3 is 2.64 bits per heavy atom. The van der Waals surface area contributed by atoms with Crippen LogP contribution in [0.1, 0.15) is 22.8 Å². The summed E-state index contributed by atoms with van der Waals surface area (Å²) in [7, 11) is 0. The van der Waals surface area contributed by atoms with E-state index in [9.17, 15) is 18.8 Å². The van der Waals surface area contributed by atoms with Crippen molar-refractivity contribution in [2.45, 2.75) is 13.5 Å². The molecular formula is C21H18FNO5. The molecule has 0 atom stereocenters. The highest BCUT2D eigenvalue weighted by Crippen LogP contribution is 2.13. The van der Waals surface area contributed by atoms with Crippen molar-refractivity contribution in [3.63, 3.8) is 0 Å². The number of nitrogens with zero attached hydrogens (tertiary/aromatic N) is 1. The van der Waals surface area contributed by atoms with Crippen molar-refractivity contribution in [3.8, 4) is 0 Å². The molecule has 0 aliphatic heterocycles. The van der Waals surface area contributed by atoms with Crippen LogP contribution in [0.4, 0.5) is 4.39 Å². The second-order valence-electron chi connectivity index (χ2n) is 6.10. The summed E-state index contributed by atoms with van der Waals surface area (Å²) in [6.45, 7) is 1.76. The van der Waals surface area contributed by atoms with E-state index in [1.54, 1.807) is 43.3 Å². The lowest BCUT2D eigenvalue weighted by molar-refractivity contribution is -0.135. The summed E-state index contributed by atoms with van der Waals surface area (Å²) in [5.74, 6) is -1.78. The van der Waals surface area contributed by atoms with Gasteiger partial charge in [-0.3, -0.25) is 4.79 Å². The molecule has 0 bridgehead atoms. The van der Waals surface area contributed by atoms with Gasteiger partial charge >= 0.3 is 11.6 Å². The lowest BCUT2D eigenvalue weighted by Gasteiger charge is -2.20. The summed E-state index contributed by atoms with van der Waals surface area (Å²) < 4.78 is 23.4. The Balaban J connectivity index is 1.67. The molecule has 0 saturated carbocycles. The van der Waals surface area contributed by atoms with Crippen LogP contribution in [0, 0.1) is 5.82 Å². The minimum atomic E-state index is -0.935. The Hall–Kier alpha value is -3.48. The van der Waals surface area contributed by atoms with Crippen molar-refractivity contribution in [3.05, 3.63) is 82.0 Å². The molecule has 1 heterocycles. The molecule has 144 valence electrons. The Kier molecular flexibility index (Phi) is 5.84. The topological polar surface area (TPSA) is 76.8 Å². The van der Waals surface area contributed by atoms with E-state index in [-0.39, 0.29) is 12.1 Å². The Labute approximate surface area is 160 Å². The van der Waals surface area contributed by atoms with Crippen molar-refractivity contribution >= 4 is 22.8 Å². The van der Waals surface area contributed by atoms with E-state index in [1.807, 2.05) is 0 Å². The number of carbonyl (C=O) groups excluding carboxylic acids is 2. The molecule has 0 aliphatic carbocycles. The fourth-order valence-corrected chi connectivity index (χ4v) is 2.73. The maximum Gasteiger partial charge on any atom is 0.351 e. The van der Waals surface area contributed by atoms with Crippen LogP contribution < -0.4 is 5.63 Å². The zero-order valence-electron chi connectivity index (χ0n) is 15.2. The Morgan fingerprint density at radius 2 is 1.89 bits per heavy atom. The largest absolute Gasteiger partial charge is 0.452 e. The van der Waals surface area contributed by atoms with Gasteiger partial charge in [0.25, 0.3) is 5.91 Å². The number of fused-ring (bicyclic) bond motifs is 1. The van der Waals surface area contributed by atoms with Crippen molar-refractivity contribution < 1.29 is 23.1 Å². The van der Waals surface area contributed by atoms with Gasteiger partial charge in [-0.15, -0.1) is 0 Å². The first kappa shape index (κ1) is 19.3. The quantitative estimate of drug-likeness (QED) is 0.483. The fraction of sp³-hybridized carbons (Fsp3) is 0.190. The second kappa shape index (κ2) is 8.47. The van der Waals surface area contributed by atoms with Crippen molar-refractivity contribution in [2.75, 3.05) is 13.2 Å². The average molecular weight is 383 g/mol. The number of amides is 1. The van der Waals surface area contributed by atoms with E-state index in [1.165, 1.54) is 23.1 Å². The third-order valence-corrected chi connectivity index (χ3v) is 4.18. The van der Waals surface area contributed by atoms with E-state index in [2.05, 4.69) is 0 Å². The molecule has 2 aromatic carbocycles. The molecule has 0 saturated heterocycles. The highest BCUT2D eigenvalue weighted by atomic mass is 19.1.